The van der Waals surface area contributed by atoms with Gasteiger partial charge in [0.05, 0.1) is 6.54 Å². The Morgan fingerprint density at radius 3 is 2.44 bits per heavy atom. The van der Waals surface area contributed by atoms with Gasteiger partial charge in [0, 0.05) is 17.0 Å². The van der Waals surface area contributed by atoms with Crippen molar-refractivity contribution >= 4 is 11.6 Å². The second kappa shape index (κ2) is 6.58. The molecule has 0 radical (unpaired) electrons. The highest BCUT2D eigenvalue weighted by molar-refractivity contribution is 6.30. The van der Waals surface area contributed by atoms with E-state index in [2.05, 4.69) is 48.6 Å². The van der Waals surface area contributed by atoms with Crippen molar-refractivity contribution < 1.29 is 5.32 Å². The van der Waals surface area contributed by atoms with E-state index in [-0.39, 0.29) is 0 Å². The molecule has 2 N–H and O–H groups in total. The van der Waals surface area contributed by atoms with Gasteiger partial charge in [-0.15, -0.1) is 0 Å². The quantitative estimate of drug-likeness (QED) is 0.796. The lowest BCUT2D eigenvalue weighted by Gasteiger charge is -2.05. The first-order valence-corrected chi connectivity index (χ1v) is 6.74. The number of benzene rings is 2. The Kier molecular flexibility index (Phi) is 4.80. The molecule has 0 spiro atoms. The van der Waals surface area contributed by atoms with Gasteiger partial charge < -0.3 is 5.32 Å². The van der Waals surface area contributed by atoms with Gasteiger partial charge >= 0.3 is 0 Å². The van der Waals surface area contributed by atoms with Gasteiger partial charge in [-0.1, -0.05) is 48.0 Å². The molecule has 18 heavy (non-hydrogen) atoms. The number of quaternary nitrogens is 1. The summed E-state index contributed by atoms with van der Waals surface area (Å²) in [6.45, 7) is 4.31. The van der Waals surface area contributed by atoms with Gasteiger partial charge in [0.1, 0.15) is 6.54 Å². The summed E-state index contributed by atoms with van der Waals surface area (Å²) in [5, 5.41) is 3.15. The average Bonchev–Trinajstić information content (AvgIpc) is 2.39. The fourth-order valence-corrected chi connectivity index (χ4v) is 2.16. The van der Waals surface area contributed by atoms with Gasteiger partial charge in [-0.05, 0) is 30.2 Å². The number of rotatable bonds is 5. The Hall–Kier alpha value is -1.31. The second-order valence-corrected chi connectivity index (χ2v) is 5.02. The van der Waals surface area contributed by atoms with Crippen molar-refractivity contribution in [2.45, 2.75) is 19.9 Å². The van der Waals surface area contributed by atoms with Crippen molar-refractivity contribution in [1.82, 2.24) is 0 Å². The zero-order valence-electron chi connectivity index (χ0n) is 10.7. The Balaban J connectivity index is 1.76. The van der Waals surface area contributed by atoms with E-state index in [1.807, 2.05) is 12.1 Å². The van der Waals surface area contributed by atoms with E-state index < -0.39 is 0 Å². The molecular weight excluding hydrogens is 242 g/mol. The summed E-state index contributed by atoms with van der Waals surface area (Å²) in [5.41, 5.74) is 4.16. The van der Waals surface area contributed by atoms with Crippen LogP contribution in [0.25, 0.3) is 0 Å². The van der Waals surface area contributed by atoms with Gasteiger partial charge in [0.25, 0.3) is 0 Å². The highest BCUT2D eigenvalue weighted by Gasteiger charge is 1.99. The molecule has 2 heteroatoms. The maximum atomic E-state index is 5.86. The van der Waals surface area contributed by atoms with Crippen LogP contribution in [0.2, 0.25) is 5.02 Å². The van der Waals surface area contributed by atoms with Crippen molar-refractivity contribution in [1.29, 1.82) is 0 Å². The van der Waals surface area contributed by atoms with Crippen molar-refractivity contribution in [2.24, 2.45) is 0 Å². The predicted molar refractivity (Wildman–Crippen MR) is 76.8 cm³/mol. The number of aryl methyl sites for hydroxylation is 1. The molecule has 0 fully saturated rings. The van der Waals surface area contributed by atoms with Crippen LogP contribution < -0.4 is 5.32 Å². The molecule has 2 aromatic rings. The summed E-state index contributed by atoms with van der Waals surface area (Å²) in [4.78, 5) is 0. The number of hydrogen-bond acceptors (Lipinski definition) is 0. The number of hydrogen-bond donors (Lipinski definition) is 1. The maximum Gasteiger partial charge on any atom is 0.101 e. The molecular formula is C16H19ClN+. The molecule has 0 saturated heterocycles. The van der Waals surface area contributed by atoms with Crippen molar-refractivity contribution in [3.63, 3.8) is 0 Å². The van der Waals surface area contributed by atoms with Crippen LogP contribution in [0.1, 0.15) is 16.7 Å². The SMILES string of the molecule is Cc1ccccc1CC[NH2+]Cc1ccc(Cl)cc1. The van der Waals surface area contributed by atoms with E-state index in [0.717, 1.165) is 24.5 Å². The first-order valence-electron chi connectivity index (χ1n) is 6.36. The summed E-state index contributed by atoms with van der Waals surface area (Å²) < 4.78 is 0. The topological polar surface area (TPSA) is 16.6 Å². The summed E-state index contributed by atoms with van der Waals surface area (Å²) in [6, 6.07) is 16.7. The minimum Gasteiger partial charge on any atom is -0.342 e. The van der Waals surface area contributed by atoms with Crippen LogP contribution >= 0.6 is 11.6 Å². The van der Waals surface area contributed by atoms with Crippen LogP contribution in [0.5, 0.6) is 0 Å². The Morgan fingerprint density at radius 2 is 1.72 bits per heavy atom. The Bertz CT molecular complexity index is 491. The largest absolute Gasteiger partial charge is 0.342 e. The third kappa shape index (κ3) is 3.86. The molecule has 0 aliphatic rings. The van der Waals surface area contributed by atoms with E-state index in [4.69, 9.17) is 11.6 Å². The van der Waals surface area contributed by atoms with Crippen molar-refractivity contribution in [3.05, 3.63) is 70.2 Å². The Morgan fingerprint density at radius 1 is 1.00 bits per heavy atom. The maximum absolute atomic E-state index is 5.86. The molecule has 1 nitrogen and oxygen atoms in total. The molecule has 0 aromatic heterocycles. The molecule has 0 unspecified atom stereocenters. The first kappa shape index (κ1) is 13.1. The zero-order valence-corrected chi connectivity index (χ0v) is 11.5. The van der Waals surface area contributed by atoms with E-state index in [1.165, 1.54) is 16.7 Å². The number of halogens is 1. The monoisotopic (exact) mass is 260 g/mol. The molecule has 0 atom stereocenters. The van der Waals surface area contributed by atoms with Crippen LogP contribution in [0.15, 0.2) is 48.5 Å². The molecule has 0 heterocycles. The molecule has 0 amide bonds. The second-order valence-electron chi connectivity index (χ2n) is 4.58. The zero-order chi connectivity index (χ0) is 12.8. The minimum atomic E-state index is 0.804. The van der Waals surface area contributed by atoms with Crippen molar-refractivity contribution in [3.8, 4) is 0 Å². The van der Waals surface area contributed by atoms with E-state index in [9.17, 15) is 0 Å². The van der Waals surface area contributed by atoms with E-state index in [1.54, 1.807) is 0 Å². The van der Waals surface area contributed by atoms with Crippen LogP contribution in [0, 0.1) is 6.92 Å². The average molecular weight is 261 g/mol. The molecule has 94 valence electrons. The van der Waals surface area contributed by atoms with Crippen LogP contribution in [0.4, 0.5) is 0 Å². The third-order valence-electron chi connectivity index (χ3n) is 3.17. The number of nitrogens with two attached hydrogens (primary N) is 1. The standard InChI is InChI=1S/C16H18ClN/c1-13-4-2-3-5-15(13)10-11-18-12-14-6-8-16(17)9-7-14/h2-9,18H,10-12H2,1H3/p+1. The van der Waals surface area contributed by atoms with Gasteiger partial charge in [-0.2, -0.15) is 0 Å². The fourth-order valence-electron chi connectivity index (χ4n) is 2.04. The third-order valence-corrected chi connectivity index (χ3v) is 3.42. The molecule has 2 aromatic carbocycles. The van der Waals surface area contributed by atoms with Gasteiger partial charge in [0.2, 0.25) is 0 Å². The fraction of sp³-hybridized carbons (Fsp3) is 0.250. The Labute approximate surface area is 114 Å². The van der Waals surface area contributed by atoms with Crippen LogP contribution in [-0.2, 0) is 13.0 Å². The molecule has 0 saturated carbocycles. The van der Waals surface area contributed by atoms with Crippen molar-refractivity contribution in [2.75, 3.05) is 6.54 Å². The molecule has 2 rings (SSSR count). The van der Waals surface area contributed by atoms with Gasteiger partial charge in [-0.3, -0.25) is 0 Å². The first-order chi connectivity index (χ1) is 8.75. The van der Waals surface area contributed by atoms with E-state index in [0.29, 0.717) is 0 Å². The molecule has 0 aliphatic carbocycles. The van der Waals surface area contributed by atoms with Crippen LogP contribution in [-0.4, -0.2) is 6.54 Å². The molecule has 0 bridgehead atoms. The smallest absolute Gasteiger partial charge is 0.101 e. The van der Waals surface area contributed by atoms with E-state index >= 15 is 0 Å². The molecule has 0 aliphatic heterocycles. The summed E-state index contributed by atoms with van der Waals surface area (Å²) in [7, 11) is 0. The predicted octanol–water partition coefficient (Wildman–Crippen LogP) is 2.95. The van der Waals surface area contributed by atoms with Crippen LogP contribution in [0.3, 0.4) is 0 Å². The highest BCUT2D eigenvalue weighted by atomic mass is 35.5. The lowest BCUT2D eigenvalue weighted by atomic mass is 10.1. The minimum absolute atomic E-state index is 0.804. The lowest BCUT2D eigenvalue weighted by molar-refractivity contribution is -0.670. The normalized spacial score (nSPS) is 10.6. The lowest BCUT2D eigenvalue weighted by Crippen LogP contribution is -2.83. The summed E-state index contributed by atoms with van der Waals surface area (Å²) >= 11 is 5.86. The highest BCUT2D eigenvalue weighted by Crippen LogP contribution is 2.08. The summed E-state index contributed by atoms with van der Waals surface area (Å²) in [5.74, 6) is 0. The van der Waals surface area contributed by atoms with Gasteiger partial charge in [-0.25, -0.2) is 0 Å². The van der Waals surface area contributed by atoms with Gasteiger partial charge in [0.15, 0.2) is 0 Å². The summed E-state index contributed by atoms with van der Waals surface area (Å²) in [6.07, 6.45) is 1.13.